The summed E-state index contributed by atoms with van der Waals surface area (Å²) in [6.07, 6.45) is 8.82. The monoisotopic (exact) mass is 491 g/mol. The average molecular weight is 492 g/mol. The molecular weight excluding hydrogens is 458 g/mol. The summed E-state index contributed by atoms with van der Waals surface area (Å²) in [6, 6.07) is 11.6. The Morgan fingerprint density at radius 1 is 1.26 bits per heavy atom. The number of rotatable bonds is 7. The summed E-state index contributed by atoms with van der Waals surface area (Å²) in [7, 11) is 2.49. The van der Waals surface area contributed by atoms with Gasteiger partial charge in [0.25, 0.3) is 5.91 Å². The lowest BCUT2D eigenvalue weighted by Crippen LogP contribution is -2.25. The number of anilines is 1. The van der Waals surface area contributed by atoms with Crippen LogP contribution in [0.3, 0.4) is 0 Å². The lowest BCUT2D eigenvalue weighted by molar-refractivity contribution is 0.0962. The fourth-order valence-electron chi connectivity index (χ4n) is 4.61. The number of aryl methyl sites for hydroxylation is 2. The van der Waals surface area contributed by atoms with E-state index in [-0.39, 0.29) is 11.9 Å². The zero-order chi connectivity index (χ0) is 25.1. The highest BCUT2D eigenvalue weighted by Gasteiger charge is 2.20. The van der Waals surface area contributed by atoms with Crippen molar-refractivity contribution in [1.29, 1.82) is 0 Å². The van der Waals surface area contributed by atoms with Crippen LogP contribution in [0.2, 0.25) is 0 Å². The van der Waals surface area contributed by atoms with Crippen LogP contribution in [0.4, 0.5) is 5.69 Å². The van der Waals surface area contributed by atoms with Crippen LogP contribution in [0.25, 0.3) is 6.08 Å². The summed E-state index contributed by atoms with van der Waals surface area (Å²) in [5.41, 5.74) is 6.74. The molecule has 0 bridgehead atoms. The molecule has 7 nitrogen and oxygen atoms in total. The van der Waals surface area contributed by atoms with Gasteiger partial charge in [0.1, 0.15) is 0 Å². The molecule has 1 amide bonds. The molecule has 1 aliphatic rings. The maximum absolute atomic E-state index is 12.8. The van der Waals surface area contributed by atoms with E-state index < -0.39 is 10.8 Å². The second-order valence-electron chi connectivity index (χ2n) is 9.02. The van der Waals surface area contributed by atoms with Gasteiger partial charge in [0, 0.05) is 50.9 Å². The first-order valence-electron chi connectivity index (χ1n) is 11.8. The summed E-state index contributed by atoms with van der Waals surface area (Å²) in [6.45, 7) is 5.70. The van der Waals surface area contributed by atoms with Crippen molar-refractivity contribution in [2.45, 2.75) is 37.8 Å². The number of nitrogens with zero attached hydrogens (tertiary/aromatic N) is 3. The number of nitrogens with one attached hydrogen (secondary N) is 2. The third-order valence-electron chi connectivity index (χ3n) is 6.33. The Morgan fingerprint density at radius 3 is 2.77 bits per heavy atom. The molecule has 3 aromatic rings. The molecule has 2 aromatic carbocycles. The van der Waals surface area contributed by atoms with Gasteiger partial charge in [0.05, 0.1) is 33.6 Å². The zero-order valence-corrected chi connectivity index (χ0v) is 21.8. The number of amides is 1. The Morgan fingerprint density at radius 2 is 2.03 bits per heavy atom. The fraction of sp³-hybridized carbons (Fsp3) is 0.333. The molecule has 4 rings (SSSR count). The second kappa shape index (κ2) is 10.5. The van der Waals surface area contributed by atoms with E-state index in [0.29, 0.717) is 5.56 Å². The minimum Gasteiger partial charge on any atom is -0.378 e. The van der Waals surface area contributed by atoms with Crippen molar-refractivity contribution < 1.29 is 9.00 Å². The molecule has 2 atom stereocenters. The SMILES string of the molecule is CNC(=O)c1cc(C)cc([C@@H](C)Nc2ccccc2S(C)=O)c1/C=C/N1CCc2cn(C)nc2C1. The number of hydrogen-bond acceptors (Lipinski definition) is 5. The molecule has 0 fully saturated rings. The third-order valence-corrected chi connectivity index (χ3v) is 7.30. The molecule has 1 unspecified atom stereocenters. The van der Waals surface area contributed by atoms with Crippen molar-refractivity contribution in [3.63, 3.8) is 0 Å². The Labute approximate surface area is 209 Å². The van der Waals surface area contributed by atoms with Gasteiger partial charge in [0.2, 0.25) is 0 Å². The van der Waals surface area contributed by atoms with Crippen LogP contribution in [0.5, 0.6) is 0 Å². The van der Waals surface area contributed by atoms with E-state index in [0.717, 1.165) is 52.5 Å². The maximum atomic E-state index is 12.8. The third kappa shape index (κ3) is 5.48. The van der Waals surface area contributed by atoms with Gasteiger partial charge in [0.15, 0.2) is 0 Å². The van der Waals surface area contributed by atoms with Crippen molar-refractivity contribution in [3.05, 3.63) is 82.3 Å². The fourth-order valence-corrected chi connectivity index (χ4v) is 5.32. The van der Waals surface area contributed by atoms with Crippen LogP contribution >= 0.6 is 0 Å². The van der Waals surface area contributed by atoms with Crippen molar-refractivity contribution in [3.8, 4) is 0 Å². The van der Waals surface area contributed by atoms with Crippen LogP contribution < -0.4 is 10.6 Å². The molecular formula is C27H33N5O2S. The number of hydrogen-bond donors (Lipinski definition) is 2. The van der Waals surface area contributed by atoms with Gasteiger partial charge in [-0.3, -0.25) is 13.7 Å². The van der Waals surface area contributed by atoms with Gasteiger partial charge < -0.3 is 15.5 Å². The number of para-hydroxylation sites is 1. The molecule has 2 heterocycles. The van der Waals surface area contributed by atoms with Gasteiger partial charge in [-0.2, -0.15) is 5.10 Å². The topological polar surface area (TPSA) is 79.3 Å². The molecule has 184 valence electrons. The highest BCUT2D eigenvalue weighted by Crippen LogP contribution is 2.30. The van der Waals surface area contributed by atoms with Crippen molar-refractivity contribution >= 4 is 28.5 Å². The van der Waals surface area contributed by atoms with Crippen LogP contribution in [0, 0.1) is 6.92 Å². The van der Waals surface area contributed by atoms with Gasteiger partial charge in [-0.1, -0.05) is 18.2 Å². The van der Waals surface area contributed by atoms with Crippen LogP contribution in [-0.2, 0) is 30.8 Å². The second-order valence-corrected chi connectivity index (χ2v) is 10.4. The summed E-state index contributed by atoms with van der Waals surface area (Å²) < 4.78 is 14.1. The van der Waals surface area contributed by atoms with Crippen molar-refractivity contribution in [2.75, 3.05) is 25.2 Å². The first kappa shape index (κ1) is 24.7. The first-order valence-corrected chi connectivity index (χ1v) is 13.3. The highest BCUT2D eigenvalue weighted by molar-refractivity contribution is 7.84. The molecule has 1 aliphatic heterocycles. The molecule has 0 aliphatic carbocycles. The van der Waals surface area contributed by atoms with Gasteiger partial charge in [-0.15, -0.1) is 0 Å². The van der Waals surface area contributed by atoms with Crippen LogP contribution in [0.15, 0.2) is 53.7 Å². The van der Waals surface area contributed by atoms with E-state index in [1.54, 1.807) is 13.3 Å². The standard InChI is InChI=1S/C27H33N5O2S/c1-18-14-22(19(2)29-24-8-6-7-9-26(24)35(5)34)21(23(15-18)27(33)28-3)11-13-32-12-10-20-16-31(4)30-25(20)17-32/h6-9,11,13-16,19,29H,10,12,17H2,1-5H3,(H,28,33)/b13-11+/t19-,35?/m1/s1. The van der Waals surface area contributed by atoms with E-state index in [2.05, 4.69) is 46.0 Å². The van der Waals surface area contributed by atoms with E-state index in [9.17, 15) is 9.00 Å². The summed E-state index contributed by atoms with van der Waals surface area (Å²) in [4.78, 5) is 15.8. The molecule has 0 saturated carbocycles. The van der Waals surface area contributed by atoms with Crippen LogP contribution in [0.1, 0.15) is 51.3 Å². The van der Waals surface area contributed by atoms with Gasteiger partial charge in [-0.05, 0) is 66.8 Å². The van der Waals surface area contributed by atoms with Crippen molar-refractivity contribution in [1.82, 2.24) is 20.0 Å². The number of carbonyl (C=O) groups excluding carboxylic acids is 1. The quantitative estimate of drug-likeness (QED) is 0.522. The van der Waals surface area contributed by atoms with E-state index in [1.165, 1.54) is 5.56 Å². The molecule has 2 N–H and O–H groups in total. The summed E-state index contributed by atoms with van der Waals surface area (Å²) in [5.74, 6) is -0.123. The Kier molecular flexibility index (Phi) is 7.40. The van der Waals surface area contributed by atoms with E-state index in [4.69, 9.17) is 0 Å². The maximum Gasteiger partial charge on any atom is 0.251 e. The Hall–Kier alpha value is -3.39. The molecule has 35 heavy (non-hydrogen) atoms. The Balaban J connectivity index is 1.70. The molecule has 8 heteroatoms. The van der Waals surface area contributed by atoms with E-state index in [1.807, 2.05) is 55.1 Å². The number of aromatic nitrogens is 2. The minimum atomic E-state index is -1.11. The Bertz CT molecular complexity index is 1300. The number of carbonyl (C=O) groups is 1. The van der Waals surface area contributed by atoms with Gasteiger partial charge >= 0.3 is 0 Å². The molecule has 0 saturated heterocycles. The van der Waals surface area contributed by atoms with Crippen LogP contribution in [-0.4, -0.2) is 44.6 Å². The van der Waals surface area contributed by atoms with E-state index >= 15 is 0 Å². The lowest BCUT2D eigenvalue weighted by atomic mass is 9.93. The molecule has 1 aromatic heterocycles. The zero-order valence-electron chi connectivity index (χ0n) is 21.0. The first-order chi connectivity index (χ1) is 16.8. The number of benzene rings is 2. The minimum absolute atomic E-state index is 0.119. The largest absolute Gasteiger partial charge is 0.378 e. The average Bonchev–Trinajstić information content (AvgIpc) is 3.21. The molecule has 0 radical (unpaired) electrons. The highest BCUT2D eigenvalue weighted by atomic mass is 32.2. The molecule has 0 spiro atoms. The lowest BCUT2D eigenvalue weighted by Gasteiger charge is -2.25. The van der Waals surface area contributed by atoms with Gasteiger partial charge in [-0.25, -0.2) is 0 Å². The summed E-state index contributed by atoms with van der Waals surface area (Å²) in [5, 5.41) is 10.9. The predicted molar refractivity (Wildman–Crippen MR) is 142 cm³/mol. The van der Waals surface area contributed by atoms with Crippen molar-refractivity contribution in [2.24, 2.45) is 7.05 Å². The summed E-state index contributed by atoms with van der Waals surface area (Å²) >= 11 is 0. The number of fused-ring (bicyclic) bond motifs is 1. The normalized spacial score (nSPS) is 15.1. The predicted octanol–water partition coefficient (Wildman–Crippen LogP) is 4.03. The smallest absolute Gasteiger partial charge is 0.251 e.